The molecule has 1 aromatic heterocycles. The Balaban J connectivity index is 1.75. The zero-order chi connectivity index (χ0) is 21.0. The second kappa shape index (κ2) is 9.07. The molecule has 2 unspecified atom stereocenters. The molecular weight excluding hydrogens is 366 g/mol. The van der Waals surface area contributed by atoms with Gasteiger partial charge in [0.05, 0.1) is 22.9 Å². The number of pyridine rings is 1. The van der Waals surface area contributed by atoms with Gasteiger partial charge >= 0.3 is 0 Å². The van der Waals surface area contributed by atoms with Gasteiger partial charge in [0.2, 0.25) is 5.88 Å². The number of likely N-dealkylation sites (tertiary alicyclic amines) is 1. The van der Waals surface area contributed by atoms with E-state index in [4.69, 9.17) is 4.74 Å². The van der Waals surface area contributed by atoms with Crippen LogP contribution in [-0.4, -0.2) is 40.9 Å². The third-order valence-corrected chi connectivity index (χ3v) is 4.92. The highest BCUT2D eigenvalue weighted by molar-refractivity contribution is 6.08. The number of piperidine rings is 1. The number of rotatable bonds is 5. The van der Waals surface area contributed by atoms with E-state index >= 15 is 0 Å². The van der Waals surface area contributed by atoms with Gasteiger partial charge in [0, 0.05) is 25.4 Å². The molecule has 1 fully saturated rings. The monoisotopic (exact) mass is 395 g/mol. The van der Waals surface area contributed by atoms with Crippen LogP contribution in [0.15, 0.2) is 42.6 Å². The van der Waals surface area contributed by atoms with Gasteiger partial charge in [-0.2, -0.15) is 0 Å². The minimum Gasteiger partial charge on any atom is -0.475 e. The summed E-state index contributed by atoms with van der Waals surface area (Å²) < 4.78 is 5.51. The number of benzene rings is 1. The fraction of sp³-hybridized carbons (Fsp3) is 0.435. The lowest BCUT2D eigenvalue weighted by molar-refractivity contribution is 0.0624. The Morgan fingerprint density at radius 2 is 1.79 bits per heavy atom. The van der Waals surface area contributed by atoms with E-state index in [2.05, 4.69) is 24.1 Å². The summed E-state index contributed by atoms with van der Waals surface area (Å²) in [6.45, 7) is 9.66. The molecule has 1 aliphatic rings. The number of carbonyl (C=O) groups is 2. The van der Waals surface area contributed by atoms with Gasteiger partial charge < -0.3 is 15.0 Å². The van der Waals surface area contributed by atoms with Gasteiger partial charge in [0.1, 0.15) is 0 Å². The molecule has 6 nitrogen and oxygen atoms in total. The van der Waals surface area contributed by atoms with E-state index in [1.54, 1.807) is 24.3 Å². The summed E-state index contributed by atoms with van der Waals surface area (Å²) in [7, 11) is 0. The third-order valence-electron chi connectivity index (χ3n) is 4.92. The number of anilines is 1. The van der Waals surface area contributed by atoms with Crippen LogP contribution in [0.2, 0.25) is 0 Å². The van der Waals surface area contributed by atoms with Crippen LogP contribution in [0.1, 0.15) is 54.8 Å². The van der Waals surface area contributed by atoms with Crippen LogP contribution in [-0.2, 0) is 0 Å². The molecule has 2 aromatic rings. The average Bonchev–Trinajstić information content (AvgIpc) is 2.67. The number of nitrogens with zero attached hydrogens (tertiary/aromatic N) is 2. The maximum Gasteiger partial charge on any atom is 0.257 e. The van der Waals surface area contributed by atoms with Crippen LogP contribution in [0.4, 0.5) is 5.69 Å². The van der Waals surface area contributed by atoms with Crippen LogP contribution in [0.3, 0.4) is 0 Å². The van der Waals surface area contributed by atoms with Crippen molar-refractivity contribution in [2.24, 2.45) is 11.8 Å². The van der Waals surface area contributed by atoms with Crippen LogP contribution in [0.5, 0.6) is 5.88 Å². The molecule has 0 bridgehead atoms. The van der Waals surface area contributed by atoms with E-state index < -0.39 is 0 Å². The number of ether oxygens (including phenoxy) is 1. The maximum absolute atomic E-state index is 13.1. The van der Waals surface area contributed by atoms with Gasteiger partial charge in [0.15, 0.2) is 0 Å². The van der Waals surface area contributed by atoms with Gasteiger partial charge in [-0.25, -0.2) is 4.98 Å². The number of hydrogen-bond acceptors (Lipinski definition) is 4. The summed E-state index contributed by atoms with van der Waals surface area (Å²) >= 11 is 0. The molecule has 2 heterocycles. The maximum atomic E-state index is 13.1. The Morgan fingerprint density at radius 3 is 2.41 bits per heavy atom. The summed E-state index contributed by atoms with van der Waals surface area (Å²) in [5.41, 5.74) is 1.43. The first kappa shape index (κ1) is 20.8. The molecule has 1 aliphatic heterocycles. The molecule has 0 spiro atoms. The van der Waals surface area contributed by atoms with Gasteiger partial charge in [-0.3, -0.25) is 9.59 Å². The topological polar surface area (TPSA) is 71.5 Å². The molecule has 6 heteroatoms. The standard InChI is InChI=1S/C23H29N3O3/c1-15(2)29-21-10-9-18(12-24-21)22(27)25-20-8-6-5-7-19(20)23(28)26-13-16(3)11-17(4)14-26/h5-10,12,15-17H,11,13-14H2,1-4H3,(H,25,27). The van der Waals surface area contributed by atoms with Gasteiger partial charge in [0.25, 0.3) is 11.8 Å². The summed E-state index contributed by atoms with van der Waals surface area (Å²) in [6.07, 6.45) is 2.62. The van der Waals surface area contributed by atoms with Crippen molar-refractivity contribution in [3.05, 3.63) is 53.7 Å². The molecule has 1 saturated heterocycles. The van der Waals surface area contributed by atoms with Crippen molar-refractivity contribution in [1.82, 2.24) is 9.88 Å². The molecule has 2 amide bonds. The zero-order valence-electron chi connectivity index (χ0n) is 17.5. The zero-order valence-corrected chi connectivity index (χ0v) is 17.5. The van der Waals surface area contributed by atoms with E-state index in [-0.39, 0.29) is 17.9 Å². The predicted molar refractivity (Wildman–Crippen MR) is 113 cm³/mol. The molecule has 1 N–H and O–H groups in total. The normalized spacial score (nSPS) is 19.1. The molecule has 29 heavy (non-hydrogen) atoms. The highest BCUT2D eigenvalue weighted by Crippen LogP contribution is 2.25. The van der Waals surface area contributed by atoms with E-state index in [1.807, 2.05) is 30.9 Å². The van der Waals surface area contributed by atoms with Crippen LogP contribution < -0.4 is 10.1 Å². The molecule has 2 atom stereocenters. The first-order valence-corrected chi connectivity index (χ1v) is 10.2. The van der Waals surface area contributed by atoms with Gasteiger partial charge in [-0.1, -0.05) is 26.0 Å². The molecule has 154 valence electrons. The molecule has 1 aromatic carbocycles. The summed E-state index contributed by atoms with van der Waals surface area (Å²) in [4.78, 5) is 31.9. The van der Waals surface area contributed by atoms with Crippen LogP contribution in [0, 0.1) is 11.8 Å². The van der Waals surface area contributed by atoms with Crippen molar-refractivity contribution >= 4 is 17.5 Å². The lowest BCUT2D eigenvalue weighted by Gasteiger charge is -2.35. The van der Waals surface area contributed by atoms with E-state index in [1.165, 1.54) is 6.20 Å². The molecule has 0 saturated carbocycles. The smallest absolute Gasteiger partial charge is 0.257 e. The minimum atomic E-state index is -0.311. The van der Waals surface area contributed by atoms with Gasteiger partial charge in [-0.15, -0.1) is 0 Å². The SMILES string of the molecule is CC1CC(C)CN(C(=O)c2ccccc2NC(=O)c2ccc(OC(C)C)nc2)C1. The highest BCUT2D eigenvalue weighted by Gasteiger charge is 2.27. The summed E-state index contributed by atoms with van der Waals surface area (Å²) in [6, 6.07) is 10.5. The summed E-state index contributed by atoms with van der Waals surface area (Å²) in [5.74, 6) is 1.07. The molecule has 0 aliphatic carbocycles. The van der Waals surface area contributed by atoms with Crippen molar-refractivity contribution < 1.29 is 14.3 Å². The van der Waals surface area contributed by atoms with E-state index in [0.717, 1.165) is 19.5 Å². The fourth-order valence-electron chi connectivity index (χ4n) is 3.80. The van der Waals surface area contributed by atoms with Gasteiger partial charge in [-0.05, 0) is 50.3 Å². The van der Waals surface area contributed by atoms with Crippen molar-refractivity contribution in [3.8, 4) is 5.88 Å². The summed E-state index contributed by atoms with van der Waals surface area (Å²) in [5, 5.41) is 2.86. The van der Waals surface area contributed by atoms with Crippen molar-refractivity contribution in [2.45, 2.75) is 40.2 Å². The third kappa shape index (κ3) is 5.34. The predicted octanol–water partition coefficient (Wildman–Crippen LogP) is 4.24. The lowest BCUT2D eigenvalue weighted by atomic mass is 9.91. The highest BCUT2D eigenvalue weighted by atomic mass is 16.5. The Bertz CT molecular complexity index is 854. The second-order valence-corrected chi connectivity index (χ2v) is 8.21. The minimum absolute atomic E-state index is 0.0142. The second-order valence-electron chi connectivity index (χ2n) is 8.21. The average molecular weight is 396 g/mol. The van der Waals surface area contributed by atoms with Crippen LogP contribution in [0.25, 0.3) is 0 Å². The van der Waals surface area contributed by atoms with Crippen molar-refractivity contribution in [3.63, 3.8) is 0 Å². The molecule has 3 rings (SSSR count). The Kier molecular flexibility index (Phi) is 6.52. The number of aromatic nitrogens is 1. The number of amides is 2. The molecular formula is C23H29N3O3. The number of para-hydroxylation sites is 1. The Labute approximate surface area is 172 Å². The molecule has 0 radical (unpaired) electrons. The first-order valence-electron chi connectivity index (χ1n) is 10.2. The quantitative estimate of drug-likeness (QED) is 0.822. The largest absolute Gasteiger partial charge is 0.475 e. The van der Waals surface area contributed by atoms with Crippen molar-refractivity contribution in [1.29, 1.82) is 0 Å². The Morgan fingerprint density at radius 1 is 1.10 bits per heavy atom. The fourth-order valence-corrected chi connectivity index (χ4v) is 3.80. The first-order chi connectivity index (χ1) is 13.8. The van der Waals surface area contributed by atoms with E-state index in [9.17, 15) is 9.59 Å². The number of carbonyl (C=O) groups excluding carboxylic acids is 2. The van der Waals surface area contributed by atoms with Crippen molar-refractivity contribution in [2.75, 3.05) is 18.4 Å². The number of nitrogens with one attached hydrogen (secondary N) is 1. The van der Waals surface area contributed by atoms with Crippen LogP contribution >= 0.6 is 0 Å². The van der Waals surface area contributed by atoms with E-state index in [0.29, 0.717) is 34.5 Å². The Hall–Kier alpha value is -2.89. The number of hydrogen-bond donors (Lipinski definition) is 1. The lowest BCUT2D eigenvalue weighted by Crippen LogP contribution is -2.42.